The molecule has 0 aliphatic heterocycles. The summed E-state index contributed by atoms with van der Waals surface area (Å²) < 4.78 is 29.4. The van der Waals surface area contributed by atoms with E-state index in [4.69, 9.17) is 4.74 Å². The summed E-state index contributed by atoms with van der Waals surface area (Å²) in [6.07, 6.45) is 2.20. The van der Waals surface area contributed by atoms with Crippen molar-refractivity contribution in [3.63, 3.8) is 0 Å². The highest BCUT2D eigenvalue weighted by Crippen LogP contribution is 2.11. The highest BCUT2D eigenvalue weighted by Gasteiger charge is 2.07. The van der Waals surface area contributed by atoms with Gasteiger partial charge < -0.3 is 4.74 Å². The van der Waals surface area contributed by atoms with Crippen molar-refractivity contribution < 1.29 is 13.2 Å². The Morgan fingerprint density at radius 3 is 2.19 bits per heavy atom. The van der Waals surface area contributed by atoms with Gasteiger partial charge >= 0.3 is 0 Å². The van der Waals surface area contributed by atoms with Gasteiger partial charge in [0.1, 0.15) is 0 Å². The Bertz CT molecular complexity index is 662. The highest BCUT2D eigenvalue weighted by molar-refractivity contribution is 7.94. The van der Waals surface area contributed by atoms with Gasteiger partial charge in [0.25, 0.3) is 0 Å². The molecule has 0 aliphatic rings. The van der Waals surface area contributed by atoms with Crippen molar-refractivity contribution in [2.75, 3.05) is 6.61 Å². The predicted octanol–water partition coefficient (Wildman–Crippen LogP) is 3.58. The zero-order valence-corrected chi connectivity index (χ0v) is 12.5. The van der Waals surface area contributed by atoms with Crippen LogP contribution in [0.25, 0.3) is 0 Å². The molecule has 110 valence electrons. The Labute approximate surface area is 125 Å². The maximum Gasteiger partial charge on any atom is 0.199 e. The van der Waals surface area contributed by atoms with E-state index < -0.39 is 9.84 Å². The molecule has 0 spiro atoms. The van der Waals surface area contributed by atoms with Gasteiger partial charge in [0.15, 0.2) is 9.84 Å². The first-order valence-electron chi connectivity index (χ1n) is 6.77. The number of hydrogen-bond acceptors (Lipinski definition) is 3. The van der Waals surface area contributed by atoms with Gasteiger partial charge in [-0.15, -0.1) is 0 Å². The van der Waals surface area contributed by atoms with E-state index in [2.05, 4.69) is 0 Å². The van der Waals surface area contributed by atoms with Crippen molar-refractivity contribution in [1.82, 2.24) is 0 Å². The van der Waals surface area contributed by atoms with Gasteiger partial charge in [-0.05, 0) is 24.1 Å². The van der Waals surface area contributed by atoms with Crippen LogP contribution < -0.4 is 0 Å². The van der Waals surface area contributed by atoms with E-state index >= 15 is 0 Å². The molecule has 0 aliphatic carbocycles. The first kappa shape index (κ1) is 15.5. The quantitative estimate of drug-likeness (QED) is 0.734. The molecule has 0 atom stereocenters. The molecule has 2 aromatic carbocycles. The molecule has 0 fully saturated rings. The summed E-state index contributed by atoms with van der Waals surface area (Å²) in [6, 6.07) is 18.3. The molecule has 0 saturated heterocycles. The second-order valence-electron chi connectivity index (χ2n) is 4.56. The second-order valence-corrected chi connectivity index (χ2v) is 6.39. The first-order chi connectivity index (χ1) is 10.2. The van der Waals surface area contributed by atoms with Gasteiger partial charge in [-0.3, -0.25) is 0 Å². The highest BCUT2D eigenvalue weighted by atomic mass is 32.2. The van der Waals surface area contributed by atoms with Crippen LogP contribution in [0.4, 0.5) is 0 Å². The molecular weight excluding hydrogens is 284 g/mol. The van der Waals surface area contributed by atoms with E-state index in [0.717, 1.165) is 5.56 Å². The molecule has 0 amide bonds. The third-order valence-corrected chi connectivity index (χ3v) is 4.37. The van der Waals surface area contributed by atoms with Gasteiger partial charge in [0, 0.05) is 5.41 Å². The fourth-order valence-corrected chi connectivity index (χ4v) is 2.88. The fourth-order valence-electron chi connectivity index (χ4n) is 1.80. The molecule has 3 nitrogen and oxygen atoms in total. The standard InChI is InChI=1S/C17H18O3S/c18-21(19,17-11-5-2-6-12-17)14-8-7-13-20-15-16-9-3-1-4-10-16/h1-6,8-12,14H,7,13,15H2/b14-8+. The molecule has 0 unspecified atom stereocenters. The first-order valence-corrected chi connectivity index (χ1v) is 8.31. The molecule has 2 rings (SSSR count). The SMILES string of the molecule is O=S(=O)(/C=C/CCOCc1ccccc1)c1ccccc1. The van der Waals surface area contributed by atoms with Crippen molar-refractivity contribution >= 4 is 9.84 Å². The minimum absolute atomic E-state index is 0.312. The molecule has 0 heterocycles. The van der Waals surface area contributed by atoms with Crippen LogP contribution in [0, 0.1) is 0 Å². The van der Waals surface area contributed by atoms with Crippen LogP contribution >= 0.6 is 0 Å². The molecule has 0 aromatic heterocycles. The van der Waals surface area contributed by atoms with Crippen LogP contribution in [0.2, 0.25) is 0 Å². The summed E-state index contributed by atoms with van der Waals surface area (Å²) in [5.41, 5.74) is 1.11. The van der Waals surface area contributed by atoms with Crippen LogP contribution in [-0.2, 0) is 21.2 Å². The van der Waals surface area contributed by atoms with Crippen molar-refractivity contribution in [1.29, 1.82) is 0 Å². The monoisotopic (exact) mass is 302 g/mol. The molecule has 0 bridgehead atoms. The van der Waals surface area contributed by atoms with Crippen LogP contribution in [0.5, 0.6) is 0 Å². The molecule has 21 heavy (non-hydrogen) atoms. The van der Waals surface area contributed by atoms with E-state index in [9.17, 15) is 8.42 Å². The van der Waals surface area contributed by atoms with Gasteiger partial charge in [-0.2, -0.15) is 0 Å². The average molecular weight is 302 g/mol. The topological polar surface area (TPSA) is 43.4 Å². The molecule has 0 saturated carbocycles. The molecule has 4 heteroatoms. The van der Waals surface area contributed by atoms with Crippen molar-refractivity contribution in [2.24, 2.45) is 0 Å². The largest absolute Gasteiger partial charge is 0.376 e. The molecule has 0 radical (unpaired) electrons. The van der Waals surface area contributed by atoms with Gasteiger partial charge in [0.2, 0.25) is 0 Å². The van der Waals surface area contributed by atoms with Gasteiger partial charge in [0.05, 0.1) is 18.1 Å². The smallest absolute Gasteiger partial charge is 0.199 e. The normalized spacial score (nSPS) is 11.8. The van der Waals surface area contributed by atoms with Crippen molar-refractivity contribution in [2.45, 2.75) is 17.9 Å². The fraction of sp³-hybridized carbons (Fsp3) is 0.176. The van der Waals surface area contributed by atoms with E-state index in [1.54, 1.807) is 36.4 Å². The van der Waals surface area contributed by atoms with Crippen LogP contribution in [0.15, 0.2) is 77.0 Å². The van der Waals surface area contributed by atoms with Gasteiger partial charge in [-0.1, -0.05) is 54.6 Å². The summed E-state index contributed by atoms with van der Waals surface area (Å²) >= 11 is 0. The van der Waals surface area contributed by atoms with E-state index in [-0.39, 0.29) is 0 Å². The Kier molecular flexibility index (Phi) is 5.72. The number of benzene rings is 2. The van der Waals surface area contributed by atoms with Crippen LogP contribution in [-0.4, -0.2) is 15.0 Å². The Morgan fingerprint density at radius 1 is 0.905 bits per heavy atom. The van der Waals surface area contributed by atoms with Gasteiger partial charge in [-0.25, -0.2) is 8.42 Å². The van der Waals surface area contributed by atoms with E-state index in [1.165, 1.54) is 5.41 Å². The van der Waals surface area contributed by atoms with E-state index in [1.807, 2.05) is 30.3 Å². The Balaban J connectivity index is 1.76. The Morgan fingerprint density at radius 2 is 1.52 bits per heavy atom. The van der Waals surface area contributed by atoms with Crippen LogP contribution in [0.1, 0.15) is 12.0 Å². The lowest BCUT2D eigenvalue weighted by atomic mass is 10.2. The summed E-state index contributed by atoms with van der Waals surface area (Å²) in [6.45, 7) is 1.04. The summed E-state index contributed by atoms with van der Waals surface area (Å²) in [5.74, 6) is 0. The Hall–Kier alpha value is -1.91. The summed E-state index contributed by atoms with van der Waals surface area (Å²) in [7, 11) is -3.34. The lowest BCUT2D eigenvalue weighted by molar-refractivity contribution is 0.125. The summed E-state index contributed by atoms with van der Waals surface area (Å²) in [4.78, 5) is 0.312. The third-order valence-electron chi connectivity index (χ3n) is 2.89. The van der Waals surface area contributed by atoms with E-state index in [0.29, 0.717) is 24.5 Å². The third kappa shape index (κ3) is 5.17. The second kappa shape index (κ2) is 7.76. The maximum atomic E-state index is 12.0. The number of rotatable bonds is 7. The maximum absolute atomic E-state index is 12.0. The number of ether oxygens (including phenoxy) is 1. The predicted molar refractivity (Wildman–Crippen MR) is 83.5 cm³/mol. The molecule has 2 aromatic rings. The minimum Gasteiger partial charge on any atom is -0.376 e. The molecular formula is C17H18O3S. The summed E-state index contributed by atoms with van der Waals surface area (Å²) in [5, 5.41) is 1.24. The zero-order chi connectivity index (χ0) is 15.0. The minimum atomic E-state index is -3.34. The van der Waals surface area contributed by atoms with Crippen molar-refractivity contribution in [3.05, 3.63) is 77.7 Å². The zero-order valence-electron chi connectivity index (χ0n) is 11.7. The van der Waals surface area contributed by atoms with Crippen LogP contribution in [0.3, 0.4) is 0 Å². The lowest BCUT2D eigenvalue weighted by Crippen LogP contribution is -1.97. The molecule has 0 N–H and O–H groups in total. The number of sulfone groups is 1. The lowest BCUT2D eigenvalue weighted by Gasteiger charge is -2.02. The average Bonchev–Trinajstić information content (AvgIpc) is 2.52. The van der Waals surface area contributed by atoms with Crippen molar-refractivity contribution in [3.8, 4) is 0 Å². The number of hydrogen-bond donors (Lipinski definition) is 0.